The van der Waals surface area contributed by atoms with Gasteiger partial charge in [0.2, 0.25) is 5.91 Å². The van der Waals surface area contributed by atoms with E-state index in [0.29, 0.717) is 25.1 Å². The zero-order valence-electron chi connectivity index (χ0n) is 12.3. The predicted octanol–water partition coefficient (Wildman–Crippen LogP) is 1.16. The minimum absolute atomic E-state index is 0.156. The van der Waals surface area contributed by atoms with E-state index in [1.54, 1.807) is 0 Å². The lowest BCUT2D eigenvalue weighted by Crippen LogP contribution is -2.50. The number of carbonyl (C=O) groups excluding carboxylic acids is 1. The topological polar surface area (TPSA) is 90.6 Å². The van der Waals surface area contributed by atoms with Gasteiger partial charge in [0.25, 0.3) is 0 Å². The second-order valence-corrected chi connectivity index (χ2v) is 5.66. The van der Waals surface area contributed by atoms with Crippen molar-refractivity contribution in [3.8, 4) is 0 Å². The van der Waals surface area contributed by atoms with E-state index in [1.807, 2.05) is 0 Å². The Morgan fingerprint density at radius 1 is 1.30 bits per heavy atom. The van der Waals surface area contributed by atoms with Crippen LogP contribution >= 0.6 is 0 Å². The molecule has 1 amide bonds. The molecule has 1 aliphatic carbocycles. The summed E-state index contributed by atoms with van der Waals surface area (Å²) in [4.78, 5) is 25.9. The number of nitrogens with zero attached hydrogens (tertiary/aromatic N) is 1. The second kappa shape index (κ2) is 5.94. The Kier molecular flexibility index (Phi) is 3.97. The predicted molar refractivity (Wildman–Crippen MR) is 77.8 cm³/mol. The molecule has 1 saturated carbocycles. The quantitative estimate of drug-likeness (QED) is 0.771. The first-order valence-corrected chi connectivity index (χ1v) is 7.39. The van der Waals surface area contributed by atoms with Crippen molar-refractivity contribution in [2.75, 3.05) is 6.54 Å². The van der Waals surface area contributed by atoms with Gasteiger partial charge in [0.1, 0.15) is 17.5 Å². The largest absolute Gasteiger partial charge is 0.355 e. The van der Waals surface area contributed by atoms with Crippen molar-refractivity contribution in [3.63, 3.8) is 0 Å². The minimum atomic E-state index is -1.14. The van der Waals surface area contributed by atoms with Gasteiger partial charge in [0.15, 0.2) is 0 Å². The number of rotatable bonds is 5. The Balaban J connectivity index is 1.72. The highest BCUT2D eigenvalue weighted by atomic mass is 19.1. The number of hydrogen-bond donors (Lipinski definition) is 3. The molecule has 0 radical (unpaired) electrons. The highest BCUT2D eigenvalue weighted by Crippen LogP contribution is 2.45. The number of hydrogen-bond acceptors (Lipinski definition) is 3. The number of H-pyrrole nitrogens is 2. The number of carbonyl (C=O) groups is 1. The molecule has 1 heterocycles. The number of amides is 1. The SMILES string of the molecule is O=C(NCCc1n[nH]c(=O)[nH]1)C1(c2c(F)cccc2F)CCC1. The molecular formula is C15H16F2N4O2. The molecule has 8 heteroatoms. The lowest BCUT2D eigenvalue weighted by atomic mass is 9.63. The van der Waals surface area contributed by atoms with Crippen LogP contribution in [0.2, 0.25) is 0 Å². The van der Waals surface area contributed by atoms with Crippen LogP contribution in [0.15, 0.2) is 23.0 Å². The molecular weight excluding hydrogens is 306 g/mol. The molecule has 1 fully saturated rings. The standard InChI is InChI=1S/C15H16F2N4O2/c16-9-3-1-4-10(17)12(9)15(6-2-7-15)13(22)18-8-5-11-19-14(23)21-20-11/h1,3-4H,2,5-8H2,(H,18,22)(H2,19,20,21,23). The number of nitrogens with one attached hydrogen (secondary N) is 3. The fraction of sp³-hybridized carbons (Fsp3) is 0.400. The maximum absolute atomic E-state index is 14.0. The highest BCUT2D eigenvalue weighted by molar-refractivity contribution is 5.89. The number of aromatic amines is 2. The van der Waals surface area contributed by atoms with Crippen LogP contribution in [0.4, 0.5) is 8.78 Å². The van der Waals surface area contributed by atoms with Gasteiger partial charge >= 0.3 is 5.69 Å². The highest BCUT2D eigenvalue weighted by Gasteiger charge is 2.48. The van der Waals surface area contributed by atoms with Crippen molar-refractivity contribution >= 4 is 5.91 Å². The smallest absolute Gasteiger partial charge is 0.340 e. The van der Waals surface area contributed by atoms with Gasteiger partial charge in [0.05, 0.1) is 5.41 Å². The van der Waals surface area contributed by atoms with Crippen LogP contribution < -0.4 is 11.0 Å². The van der Waals surface area contributed by atoms with E-state index in [-0.39, 0.29) is 12.1 Å². The molecule has 2 aromatic rings. The molecule has 0 saturated heterocycles. The summed E-state index contributed by atoms with van der Waals surface area (Å²) < 4.78 is 28.1. The first kappa shape index (κ1) is 15.4. The molecule has 1 aliphatic rings. The first-order chi connectivity index (χ1) is 11.0. The molecule has 1 aromatic carbocycles. The van der Waals surface area contributed by atoms with E-state index < -0.39 is 28.6 Å². The van der Waals surface area contributed by atoms with E-state index in [0.717, 1.165) is 6.42 Å². The van der Waals surface area contributed by atoms with Gasteiger partial charge in [-0.15, -0.1) is 0 Å². The Morgan fingerprint density at radius 2 is 2.00 bits per heavy atom. The zero-order chi connectivity index (χ0) is 16.4. The maximum Gasteiger partial charge on any atom is 0.340 e. The Labute approximate surface area is 130 Å². The molecule has 0 bridgehead atoms. The fourth-order valence-electron chi connectivity index (χ4n) is 2.96. The van der Waals surface area contributed by atoms with Crippen LogP contribution in [0.25, 0.3) is 0 Å². The first-order valence-electron chi connectivity index (χ1n) is 7.39. The Hall–Kier alpha value is -2.51. The Bertz CT molecular complexity index is 760. The molecule has 122 valence electrons. The lowest BCUT2D eigenvalue weighted by Gasteiger charge is -2.40. The summed E-state index contributed by atoms with van der Waals surface area (Å²) >= 11 is 0. The molecule has 0 atom stereocenters. The summed E-state index contributed by atoms with van der Waals surface area (Å²) in [5, 5.41) is 8.65. The van der Waals surface area contributed by atoms with Crippen molar-refractivity contribution in [1.29, 1.82) is 0 Å². The summed E-state index contributed by atoms with van der Waals surface area (Å²) in [6.45, 7) is 0.220. The van der Waals surface area contributed by atoms with E-state index in [9.17, 15) is 18.4 Å². The van der Waals surface area contributed by atoms with Gasteiger partial charge in [-0.3, -0.25) is 9.78 Å². The van der Waals surface area contributed by atoms with Crippen molar-refractivity contribution in [1.82, 2.24) is 20.5 Å². The number of halogens is 2. The molecule has 23 heavy (non-hydrogen) atoms. The van der Waals surface area contributed by atoms with Gasteiger partial charge < -0.3 is 5.32 Å². The van der Waals surface area contributed by atoms with Crippen LogP contribution in [-0.2, 0) is 16.6 Å². The van der Waals surface area contributed by atoms with Gasteiger partial charge in [0, 0.05) is 18.5 Å². The van der Waals surface area contributed by atoms with Crippen molar-refractivity contribution in [2.24, 2.45) is 0 Å². The van der Waals surface area contributed by atoms with Crippen LogP contribution in [0.3, 0.4) is 0 Å². The van der Waals surface area contributed by atoms with Crippen molar-refractivity contribution in [2.45, 2.75) is 31.1 Å². The molecule has 1 aromatic heterocycles. The normalized spacial score (nSPS) is 15.9. The molecule has 0 aliphatic heterocycles. The zero-order valence-corrected chi connectivity index (χ0v) is 12.3. The molecule has 0 spiro atoms. The van der Waals surface area contributed by atoms with Crippen LogP contribution in [0, 0.1) is 11.6 Å². The minimum Gasteiger partial charge on any atom is -0.355 e. The van der Waals surface area contributed by atoms with Crippen LogP contribution in [-0.4, -0.2) is 27.6 Å². The summed E-state index contributed by atoms with van der Waals surface area (Å²) in [6, 6.07) is 3.62. The summed E-state index contributed by atoms with van der Waals surface area (Å²) in [5.74, 6) is -1.38. The van der Waals surface area contributed by atoms with Crippen LogP contribution in [0.1, 0.15) is 30.7 Å². The van der Waals surface area contributed by atoms with Gasteiger partial charge in [-0.2, -0.15) is 5.10 Å². The molecule has 6 nitrogen and oxygen atoms in total. The third kappa shape index (κ3) is 2.76. The average molecular weight is 322 g/mol. The fourth-order valence-corrected chi connectivity index (χ4v) is 2.96. The van der Waals surface area contributed by atoms with E-state index >= 15 is 0 Å². The average Bonchev–Trinajstić information content (AvgIpc) is 2.86. The summed E-state index contributed by atoms with van der Waals surface area (Å²) in [5.41, 5.74) is -1.72. The molecule has 3 rings (SSSR count). The maximum atomic E-state index is 14.0. The van der Waals surface area contributed by atoms with Crippen LogP contribution in [0.5, 0.6) is 0 Å². The monoisotopic (exact) mass is 322 g/mol. The third-order valence-electron chi connectivity index (χ3n) is 4.28. The van der Waals surface area contributed by atoms with Crippen molar-refractivity contribution in [3.05, 3.63) is 51.7 Å². The van der Waals surface area contributed by atoms with E-state index in [2.05, 4.69) is 20.5 Å². The van der Waals surface area contributed by atoms with Gasteiger partial charge in [-0.25, -0.2) is 18.7 Å². The summed E-state index contributed by atoms with van der Waals surface area (Å²) in [6.07, 6.45) is 1.89. The second-order valence-electron chi connectivity index (χ2n) is 5.66. The third-order valence-corrected chi connectivity index (χ3v) is 4.28. The lowest BCUT2D eigenvalue weighted by molar-refractivity contribution is -0.130. The number of aromatic nitrogens is 3. The Morgan fingerprint density at radius 3 is 2.52 bits per heavy atom. The van der Waals surface area contributed by atoms with Gasteiger partial charge in [-0.1, -0.05) is 12.5 Å². The van der Waals surface area contributed by atoms with Gasteiger partial charge in [-0.05, 0) is 25.0 Å². The molecule has 3 N–H and O–H groups in total. The van der Waals surface area contributed by atoms with E-state index in [1.165, 1.54) is 18.2 Å². The number of benzene rings is 1. The summed E-state index contributed by atoms with van der Waals surface area (Å²) in [7, 11) is 0. The van der Waals surface area contributed by atoms with E-state index in [4.69, 9.17) is 0 Å². The molecule has 0 unspecified atom stereocenters. The van der Waals surface area contributed by atoms with Crippen molar-refractivity contribution < 1.29 is 13.6 Å².